The van der Waals surface area contributed by atoms with Gasteiger partial charge in [-0.3, -0.25) is 4.79 Å². The molecule has 0 bridgehead atoms. The highest BCUT2D eigenvalue weighted by molar-refractivity contribution is 5.94. The summed E-state index contributed by atoms with van der Waals surface area (Å²) in [7, 11) is 0. The molecular weight excluding hydrogens is 214 g/mol. The van der Waals surface area contributed by atoms with Crippen LogP contribution in [-0.2, 0) is 4.74 Å². The molecule has 0 atom stereocenters. The van der Waals surface area contributed by atoms with Crippen molar-refractivity contribution in [2.45, 2.75) is 27.2 Å². The third-order valence-electron chi connectivity index (χ3n) is 2.72. The van der Waals surface area contributed by atoms with E-state index in [9.17, 15) is 4.79 Å². The molecule has 0 aromatic heterocycles. The van der Waals surface area contributed by atoms with E-state index in [-0.39, 0.29) is 5.91 Å². The van der Waals surface area contributed by atoms with Gasteiger partial charge in [0.05, 0.1) is 0 Å². The molecule has 0 heterocycles. The zero-order valence-corrected chi connectivity index (χ0v) is 10.9. The number of hydrogen-bond acceptors (Lipinski definition) is 2. The van der Waals surface area contributed by atoms with E-state index < -0.39 is 0 Å². The average molecular weight is 235 g/mol. The van der Waals surface area contributed by atoms with Crippen LogP contribution in [0.2, 0.25) is 0 Å². The fraction of sp³-hybridized carbons (Fsp3) is 0.500. The SMILES string of the molecule is CCOCCCNC(=O)c1ccc(C)c(C)c1. The van der Waals surface area contributed by atoms with E-state index in [2.05, 4.69) is 5.32 Å². The first-order valence-corrected chi connectivity index (χ1v) is 6.08. The van der Waals surface area contributed by atoms with E-state index in [0.29, 0.717) is 13.2 Å². The Labute approximate surface area is 103 Å². The van der Waals surface area contributed by atoms with Crippen LogP contribution in [0, 0.1) is 13.8 Å². The van der Waals surface area contributed by atoms with Crippen molar-refractivity contribution in [3.63, 3.8) is 0 Å². The quantitative estimate of drug-likeness (QED) is 0.769. The van der Waals surface area contributed by atoms with Crippen molar-refractivity contribution in [1.29, 1.82) is 0 Å². The van der Waals surface area contributed by atoms with Crippen LogP contribution >= 0.6 is 0 Å². The van der Waals surface area contributed by atoms with Crippen LogP contribution in [0.1, 0.15) is 34.8 Å². The molecule has 1 rings (SSSR count). The second-order valence-electron chi connectivity index (χ2n) is 4.11. The highest BCUT2D eigenvalue weighted by Crippen LogP contribution is 2.09. The number of rotatable bonds is 6. The van der Waals surface area contributed by atoms with Crippen LogP contribution < -0.4 is 5.32 Å². The lowest BCUT2D eigenvalue weighted by molar-refractivity contribution is 0.0944. The van der Waals surface area contributed by atoms with Gasteiger partial charge in [-0.2, -0.15) is 0 Å². The summed E-state index contributed by atoms with van der Waals surface area (Å²) in [5, 5.41) is 2.89. The van der Waals surface area contributed by atoms with Crippen molar-refractivity contribution >= 4 is 5.91 Å². The van der Waals surface area contributed by atoms with E-state index in [4.69, 9.17) is 4.74 Å². The number of carbonyl (C=O) groups is 1. The van der Waals surface area contributed by atoms with Crippen LogP contribution in [-0.4, -0.2) is 25.7 Å². The van der Waals surface area contributed by atoms with E-state index in [1.54, 1.807) is 0 Å². The normalized spacial score (nSPS) is 10.3. The fourth-order valence-electron chi connectivity index (χ4n) is 1.51. The molecule has 17 heavy (non-hydrogen) atoms. The lowest BCUT2D eigenvalue weighted by atomic mass is 10.1. The first-order valence-electron chi connectivity index (χ1n) is 6.08. The molecule has 1 aromatic carbocycles. The Morgan fingerprint density at radius 3 is 2.71 bits per heavy atom. The topological polar surface area (TPSA) is 38.3 Å². The van der Waals surface area contributed by atoms with E-state index in [1.807, 2.05) is 39.0 Å². The second kappa shape index (κ2) is 7.07. The maximum atomic E-state index is 11.8. The molecule has 1 amide bonds. The van der Waals surface area contributed by atoms with Crippen molar-refractivity contribution in [2.75, 3.05) is 19.8 Å². The number of nitrogens with one attached hydrogen (secondary N) is 1. The molecule has 0 saturated carbocycles. The Morgan fingerprint density at radius 1 is 1.29 bits per heavy atom. The summed E-state index contributed by atoms with van der Waals surface area (Å²) in [4.78, 5) is 11.8. The first kappa shape index (κ1) is 13.7. The summed E-state index contributed by atoms with van der Waals surface area (Å²) < 4.78 is 5.20. The summed E-state index contributed by atoms with van der Waals surface area (Å²) in [5.74, 6) is -0.00963. The summed E-state index contributed by atoms with van der Waals surface area (Å²) >= 11 is 0. The molecule has 0 aliphatic rings. The molecule has 0 spiro atoms. The van der Waals surface area contributed by atoms with Crippen LogP contribution in [0.25, 0.3) is 0 Å². The summed E-state index contributed by atoms with van der Waals surface area (Å²) in [6, 6.07) is 5.76. The van der Waals surface area contributed by atoms with Crippen molar-refractivity contribution < 1.29 is 9.53 Å². The maximum absolute atomic E-state index is 11.8. The molecule has 0 unspecified atom stereocenters. The minimum Gasteiger partial charge on any atom is -0.382 e. The second-order valence-corrected chi connectivity index (χ2v) is 4.11. The number of benzene rings is 1. The van der Waals surface area contributed by atoms with Gasteiger partial charge in [0.1, 0.15) is 0 Å². The molecule has 94 valence electrons. The Kier molecular flexibility index (Phi) is 5.70. The summed E-state index contributed by atoms with van der Waals surface area (Å²) in [5.41, 5.74) is 3.08. The number of ether oxygens (including phenoxy) is 1. The maximum Gasteiger partial charge on any atom is 0.251 e. The van der Waals surface area contributed by atoms with Crippen LogP contribution in [0.4, 0.5) is 0 Å². The zero-order valence-electron chi connectivity index (χ0n) is 10.9. The first-order chi connectivity index (χ1) is 8.15. The van der Waals surface area contributed by atoms with Gasteiger partial charge in [-0.15, -0.1) is 0 Å². The minimum absolute atomic E-state index is 0.00963. The van der Waals surface area contributed by atoms with Crippen LogP contribution in [0.5, 0.6) is 0 Å². The Morgan fingerprint density at radius 2 is 2.06 bits per heavy atom. The highest BCUT2D eigenvalue weighted by atomic mass is 16.5. The Balaban J connectivity index is 2.39. The molecule has 0 saturated heterocycles. The number of aryl methyl sites for hydroxylation is 2. The average Bonchev–Trinajstić information content (AvgIpc) is 2.32. The molecule has 0 aliphatic carbocycles. The van der Waals surface area contributed by atoms with Gasteiger partial charge in [0.15, 0.2) is 0 Å². The molecule has 0 aliphatic heterocycles. The van der Waals surface area contributed by atoms with E-state index >= 15 is 0 Å². The number of carbonyl (C=O) groups excluding carboxylic acids is 1. The summed E-state index contributed by atoms with van der Waals surface area (Å²) in [6.45, 7) is 8.11. The molecule has 3 heteroatoms. The summed E-state index contributed by atoms with van der Waals surface area (Å²) in [6.07, 6.45) is 0.852. The fourth-order valence-corrected chi connectivity index (χ4v) is 1.51. The van der Waals surface area contributed by atoms with Crippen molar-refractivity contribution in [1.82, 2.24) is 5.32 Å². The lowest BCUT2D eigenvalue weighted by Crippen LogP contribution is -2.25. The zero-order chi connectivity index (χ0) is 12.7. The van der Waals surface area contributed by atoms with Gasteiger partial charge >= 0.3 is 0 Å². The Hall–Kier alpha value is -1.35. The van der Waals surface area contributed by atoms with Crippen molar-refractivity contribution in [3.05, 3.63) is 34.9 Å². The van der Waals surface area contributed by atoms with Crippen molar-refractivity contribution in [2.24, 2.45) is 0 Å². The molecule has 0 radical (unpaired) electrons. The predicted molar refractivity (Wildman–Crippen MR) is 69.4 cm³/mol. The van der Waals surface area contributed by atoms with Gasteiger partial charge in [0, 0.05) is 25.3 Å². The van der Waals surface area contributed by atoms with Gasteiger partial charge < -0.3 is 10.1 Å². The third-order valence-corrected chi connectivity index (χ3v) is 2.72. The van der Waals surface area contributed by atoms with E-state index in [1.165, 1.54) is 5.56 Å². The van der Waals surface area contributed by atoms with Gasteiger partial charge in [0.25, 0.3) is 5.91 Å². The van der Waals surface area contributed by atoms with Gasteiger partial charge in [-0.25, -0.2) is 0 Å². The lowest BCUT2D eigenvalue weighted by Gasteiger charge is -2.07. The highest BCUT2D eigenvalue weighted by Gasteiger charge is 2.05. The number of amides is 1. The predicted octanol–water partition coefficient (Wildman–Crippen LogP) is 2.46. The minimum atomic E-state index is -0.00963. The standard InChI is InChI=1S/C14H21NO2/c1-4-17-9-5-8-15-14(16)13-7-6-11(2)12(3)10-13/h6-7,10H,4-5,8-9H2,1-3H3,(H,15,16). The third kappa shape index (κ3) is 4.57. The Bertz CT molecular complexity index is 374. The molecule has 1 aromatic rings. The van der Waals surface area contributed by atoms with Gasteiger partial charge in [0.2, 0.25) is 0 Å². The van der Waals surface area contributed by atoms with Crippen LogP contribution in [0.15, 0.2) is 18.2 Å². The monoisotopic (exact) mass is 235 g/mol. The number of hydrogen-bond donors (Lipinski definition) is 1. The van der Waals surface area contributed by atoms with Gasteiger partial charge in [-0.1, -0.05) is 6.07 Å². The largest absolute Gasteiger partial charge is 0.382 e. The smallest absolute Gasteiger partial charge is 0.251 e. The van der Waals surface area contributed by atoms with Gasteiger partial charge in [-0.05, 0) is 50.5 Å². The molecule has 1 N–H and O–H groups in total. The molecular formula is C14H21NO2. The molecule has 3 nitrogen and oxygen atoms in total. The van der Waals surface area contributed by atoms with E-state index in [0.717, 1.165) is 24.2 Å². The molecule has 0 fully saturated rings. The van der Waals surface area contributed by atoms with Crippen LogP contribution in [0.3, 0.4) is 0 Å². The van der Waals surface area contributed by atoms with Crippen molar-refractivity contribution in [3.8, 4) is 0 Å².